The highest BCUT2D eigenvalue weighted by Gasteiger charge is 2.40. The SMILES string of the molecule is CCC(=N)C1=C(N)CCC2(C1)OCCO2. The Morgan fingerprint density at radius 2 is 2.13 bits per heavy atom. The molecule has 1 fully saturated rings. The molecule has 4 nitrogen and oxygen atoms in total. The molecule has 0 bridgehead atoms. The van der Waals surface area contributed by atoms with Gasteiger partial charge in [-0.05, 0) is 18.4 Å². The minimum Gasteiger partial charge on any atom is -0.402 e. The third kappa shape index (κ3) is 1.92. The number of nitrogens with one attached hydrogen (secondary N) is 1. The molecule has 0 saturated carbocycles. The van der Waals surface area contributed by atoms with E-state index in [1.807, 2.05) is 6.92 Å². The molecule has 0 aromatic rings. The van der Waals surface area contributed by atoms with Crippen molar-refractivity contribution in [2.75, 3.05) is 13.2 Å². The van der Waals surface area contributed by atoms with Gasteiger partial charge in [0.25, 0.3) is 0 Å². The molecule has 15 heavy (non-hydrogen) atoms. The van der Waals surface area contributed by atoms with E-state index >= 15 is 0 Å². The maximum Gasteiger partial charge on any atom is 0.172 e. The van der Waals surface area contributed by atoms with Crippen molar-refractivity contribution in [1.29, 1.82) is 5.41 Å². The highest BCUT2D eigenvalue weighted by molar-refractivity contribution is 5.98. The molecule has 4 heteroatoms. The Morgan fingerprint density at radius 1 is 1.47 bits per heavy atom. The molecule has 0 aromatic heterocycles. The summed E-state index contributed by atoms with van der Waals surface area (Å²) in [5, 5.41) is 7.86. The topological polar surface area (TPSA) is 68.3 Å². The molecule has 1 spiro atoms. The third-order valence-corrected chi connectivity index (χ3v) is 3.14. The zero-order chi connectivity index (χ0) is 10.9. The summed E-state index contributed by atoms with van der Waals surface area (Å²) in [6.45, 7) is 3.29. The highest BCUT2D eigenvalue weighted by atomic mass is 16.7. The smallest absolute Gasteiger partial charge is 0.172 e. The van der Waals surface area contributed by atoms with Crippen LogP contribution in [0.4, 0.5) is 0 Å². The highest BCUT2D eigenvalue weighted by Crippen LogP contribution is 2.37. The largest absolute Gasteiger partial charge is 0.402 e. The Kier molecular flexibility index (Phi) is 2.80. The van der Waals surface area contributed by atoms with Crippen LogP contribution >= 0.6 is 0 Å². The summed E-state index contributed by atoms with van der Waals surface area (Å²) in [5.74, 6) is -0.473. The molecule has 1 aliphatic heterocycles. The van der Waals surface area contributed by atoms with E-state index in [0.29, 0.717) is 31.8 Å². The van der Waals surface area contributed by atoms with Crippen LogP contribution < -0.4 is 5.73 Å². The Balaban J connectivity index is 2.18. The lowest BCUT2D eigenvalue weighted by atomic mass is 9.87. The number of allylic oxidation sites excluding steroid dienone is 1. The van der Waals surface area contributed by atoms with Crippen molar-refractivity contribution >= 4 is 5.71 Å². The first-order valence-corrected chi connectivity index (χ1v) is 5.50. The van der Waals surface area contributed by atoms with Crippen molar-refractivity contribution in [1.82, 2.24) is 0 Å². The second-order valence-corrected chi connectivity index (χ2v) is 4.12. The van der Waals surface area contributed by atoms with Crippen LogP contribution in [-0.2, 0) is 9.47 Å². The van der Waals surface area contributed by atoms with Crippen LogP contribution in [0.1, 0.15) is 32.6 Å². The van der Waals surface area contributed by atoms with Gasteiger partial charge in [0.15, 0.2) is 5.79 Å². The average molecular weight is 210 g/mol. The van der Waals surface area contributed by atoms with Gasteiger partial charge in [0.2, 0.25) is 0 Å². The van der Waals surface area contributed by atoms with Crippen molar-refractivity contribution in [3.63, 3.8) is 0 Å². The average Bonchev–Trinajstić information content (AvgIpc) is 2.70. The zero-order valence-corrected chi connectivity index (χ0v) is 9.14. The Labute approximate surface area is 89.9 Å². The molecule has 2 rings (SSSR count). The standard InChI is InChI=1S/C11H18N2O2/c1-2-9(12)8-7-11(4-3-10(8)13)14-5-6-15-11/h12H,2-7,13H2,1H3. The monoisotopic (exact) mass is 210 g/mol. The quantitative estimate of drug-likeness (QED) is 0.679. The van der Waals surface area contributed by atoms with Gasteiger partial charge in [-0.25, -0.2) is 0 Å². The van der Waals surface area contributed by atoms with Gasteiger partial charge < -0.3 is 20.6 Å². The first kappa shape index (κ1) is 10.6. The lowest BCUT2D eigenvalue weighted by Crippen LogP contribution is -2.36. The third-order valence-electron chi connectivity index (χ3n) is 3.14. The normalized spacial score (nSPS) is 24.9. The molecule has 1 aliphatic carbocycles. The van der Waals surface area contributed by atoms with Gasteiger partial charge in [-0.3, -0.25) is 0 Å². The second kappa shape index (κ2) is 3.94. The fraction of sp³-hybridized carbons (Fsp3) is 0.727. The van der Waals surface area contributed by atoms with E-state index in [4.69, 9.17) is 20.6 Å². The molecule has 3 N–H and O–H groups in total. The number of rotatable bonds is 2. The van der Waals surface area contributed by atoms with Crippen molar-refractivity contribution in [2.45, 2.75) is 38.4 Å². The van der Waals surface area contributed by atoms with Crippen molar-refractivity contribution < 1.29 is 9.47 Å². The fourth-order valence-electron chi connectivity index (χ4n) is 2.20. The number of nitrogens with two attached hydrogens (primary N) is 1. The molecule has 0 radical (unpaired) electrons. The molecule has 0 atom stereocenters. The maximum absolute atomic E-state index is 7.86. The van der Waals surface area contributed by atoms with Crippen LogP contribution in [0.25, 0.3) is 0 Å². The van der Waals surface area contributed by atoms with E-state index in [-0.39, 0.29) is 0 Å². The second-order valence-electron chi connectivity index (χ2n) is 4.12. The van der Waals surface area contributed by atoms with Crippen LogP contribution in [0, 0.1) is 5.41 Å². The van der Waals surface area contributed by atoms with Crippen LogP contribution in [0.15, 0.2) is 11.3 Å². The number of hydrogen-bond acceptors (Lipinski definition) is 4. The van der Waals surface area contributed by atoms with Gasteiger partial charge in [0.1, 0.15) is 0 Å². The van der Waals surface area contributed by atoms with Gasteiger partial charge in [0, 0.05) is 24.3 Å². The molecular formula is C11H18N2O2. The minimum atomic E-state index is -0.473. The van der Waals surface area contributed by atoms with Gasteiger partial charge in [0.05, 0.1) is 13.2 Å². The molecule has 1 saturated heterocycles. The van der Waals surface area contributed by atoms with Crippen LogP contribution in [0.2, 0.25) is 0 Å². The molecule has 0 unspecified atom stereocenters. The fourth-order valence-corrected chi connectivity index (χ4v) is 2.20. The van der Waals surface area contributed by atoms with Gasteiger partial charge >= 0.3 is 0 Å². The van der Waals surface area contributed by atoms with Crippen LogP contribution in [0.5, 0.6) is 0 Å². The number of hydrogen-bond donors (Lipinski definition) is 2. The summed E-state index contributed by atoms with van der Waals surface area (Å²) in [4.78, 5) is 0. The van der Waals surface area contributed by atoms with Crippen LogP contribution in [-0.4, -0.2) is 24.7 Å². The summed E-state index contributed by atoms with van der Waals surface area (Å²) in [6.07, 6.45) is 2.95. The minimum absolute atomic E-state index is 0.473. The van der Waals surface area contributed by atoms with Gasteiger partial charge in [-0.1, -0.05) is 6.92 Å². The summed E-state index contributed by atoms with van der Waals surface area (Å²) in [6, 6.07) is 0. The maximum atomic E-state index is 7.86. The van der Waals surface area contributed by atoms with Gasteiger partial charge in [-0.2, -0.15) is 0 Å². The summed E-state index contributed by atoms with van der Waals surface area (Å²) >= 11 is 0. The Morgan fingerprint density at radius 3 is 2.73 bits per heavy atom. The first-order chi connectivity index (χ1) is 7.17. The molecule has 1 heterocycles. The molecule has 0 amide bonds. The van der Waals surface area contributed by atoms with E-state index in [1.165, 1.54) is 0 Å². The molecule has 2 aliphatic rings. The van der Waals surface area contributed by atoms with Crippen molar-refractivity contribution in [3.05, 3.63) is 11.3 Å². The van der Waals surface area contributed by atoms with Crippen molar-refractivity contribution in [2.24, 2.45) is 5.73 Å². The van der Waals surface area contributed by atoms with E-state index in [9.17, 15) is 0 Å². The predicted octanol–water partition coefficient (Wildman–Crippen LogP) is 1.56. The molecule has 0 aromatic carbocycles. The zero-order valence-electron chi connectivity index (χ0n) is 9.14. The first-order valence-electron chi connectivity index (χ1n) is 5.50. The van der Waals surface area contributed by atoms with E-state index < -0.39 is 5.79 Å². The van der Waals surface area contributed by atoms with E-state index in [2.05, 4.69) is 0 Å². The summed E-state index contributed by atoms with van der Waals surface area (Å²) in [5.41, 5.74) is 8.33. The van der Waals surface area contributed by atoms with E-state index in [0.717, 1.165) is 24.1 Å². The van der Waals surface area contributed by atoms with Crippen LogP contribution in [0.3, 0.4) is 0 Å². The molecule has 84 valence electrons. The van der Waals surface area contributed by atoms with Gasteiger partial charge in [-0.15, -0.1) is 0 Å². The lowest BCUT2D eigenvalue weighted by Gasteiger charge is -2.33. The molecular weight excluding hydrogens is 192 g/mol. The van der Waals surface area contributed by atoms with Crippen molar-refractivity contribution in [3.8, 4) is 0 Å². The Hall–Kier alpha value is -0.870. The summed E-state index contributed by atoms with van der Waals surface area (Å²) in [7, 11) is 0. The lowest BCUT2D eigenvalue weighted by molar-refractivity contribution is -0.162. The summed E-state index contributed by atoms with van der Waals surface area (Å²) < 4.78 is 11.3. The predicted molar refractivity (Wildman–Crippen MR) is 57.7 cm³/mol. The Bertz CT molecular complexity index is 304. The van der Waals surface area contributed by atoms with E-state index in [1.54, 1.807) is 0 Å². The number of ether oxygens (including phenoxy) is 2.